The monoisotopic (exact) mass is 157 g/mol. The van der Waals surface area contributed by atoms with E-state index in [0.29, 0.717) is 13.3 Å². The summed E-state index contributed by atoms with van der Waals surface area (Å²) >= 11 is 1.54. The fraction of sp³-hybridized carbons (Fsp3) is 0.333. The zero-order valence-corrected chi connectivity index (χ0v) is 6.11. The summed E-state index contributed by atoms with van der Waals surface area (Å²) in [6, 6.07) is 0. The van der Waals surface area contributed by atoms with E-state index in [1.54, 1.807) is 0 Å². The van der Waals surface area contributed by atoms with E-state index in [1.165, 1.54) is 11.3 Å². The number of hydrogen-bond acceptors (Lipinski definition) is 4. The zero-order chi connectivity index (χ0) is 6.97. The van der Waals surface area contributed by atoms with E-state index in [0.717, 1.165) is 16.4 Å². The maximum absolute atomic E-state index is 5.44. The molecule has 54 valence electrons. The van der Waals surface area contributed by atoms with Crippen molar-refractivity contribution in [3.05, 3.63) is 10.9 Å². The summed E-state index contributed by atoms with van der Waals surface area (Å²) in [5, 5.41) is 2.82. The first kappa shape index (κ1) is 6.00. The number of hydrogen-bond donors (Lipinski definition) is 1. The molecule has 0 bridgehead atoms. The van der Waals surface area contributed by atoms with Gasteiger partial charge in [0.25, 0.3) is 0 Å². The van der Waals surface area contributed by atoms with Gasteiger partial charge in [-0.2, -0.15) is 0 Å². The highest BCUT2D eigenvalue weighted by atomic mass is 32.1. The van der Waals surface area contributed by atoms with E-state index in [2.05, 4.69) is 0 Å². The lowest BCUT2D eigenvalue weighted by molar-refractivity contribution is 0.175. The molecule has 2 rings (SSSR count). The van der Waals surface area contributed by atoms with Crippen LogP contribution in [0.2, 0.25) is 0 Å². The second-order valence-electron chi connectivity index (χ2n) is 1.99. The highest BCUT2D eigenvalue weighted by molar-refractivity contribution is 7.12. The highest BCUT2D eigenvalue weighted by Gasteiger charge is 2.18. The van der Waals surface area contributed by atoms with E-state index in [1.807, 2.05) is 5.38 Å². The lowest BCUT2D eigenvalue weighted by Gasteiger charge is -1.93. The van der Waals surface area contributed by atoms with Gasteiger partial charge in [0.2, 0.25) is 11.9 Å². The summed E-state index contributed by atoms with van der Waals surface area (Å²) in [4.78, 5) is 0. The van der Waals surface area contributed by atoms with Gasteiger partial charge in [0.05, 0.1) is 0 Å². The molecule has 0 saturated carbocycles. The molecule has 0 spiro atoms. The average Bonchev–Trinajstić information content (AvgIpc) is 2.44. The van der Waals surface area contributed by atoms with Gasteiger partial charge in [0.1, 0.15) is 0 Å². The third-order valence-corrected chi connectivity index (χ3v) is 2.32. The Labute approximate surface area is 62.4 Å². The lowest BCUT2D eigenvalue weighted by atomic mass is 10.3. The van der Waals surface area contributed by atoms with Crippen molar-refractivity contribution in [3.63, 3.8) is 0 Å². The minimum Gasteiger partial charge on any atom is -0.452 e. The number of rotatable bonds is 1. The van der Waals surface area contributed by atoms with Crippen molar-refractivity contribution in [3.8, 4) is 10.8 Å². The van der Waals surface area contributed by atoms with Crippen molar-refractivity contribution in [2.24, 2.45) is 5.73 Å². The Balaban J connectivity index is 2.44. The standard InChI is InChI=1S/C6H7NO2S/c7-1-4-2-10-6-5(4)8-3-9-6/h2H,1,3,7H2. The quantitative estimate of drug-likeness (QED) is 0.659. The normalized spacial score (nSPS) is 14.1. The Morgan fingerprint density at radius 3 is 3.30 bits per heavy atom. The molecule has 2 heterocycles. The number of nitrogens with two attached hydrogens (primary N) is 1. The van der Waals surface area contributed by atoms with Crippen LogP contribution in [0.25, 0.3) is 0 Å². The molecule has 3 nitrogen and oxygen atoms in total. The molecule has 0 amide bonds. The molecule has 0 radical (unpaired) electrons. The number of ether oxygens (including phenoxy) is 2. The van der Waals surface area contributed by atoms with Crippen LogP contribution in [0.3, 0.4) is 0 Å². The molecule has 1 aromatic heterocycles. The molecule has 0 unspecified atom stereocenters. The first-order chi connectivity index (χ1) is 4.92. The summed E-state index contributed by atoms with van der Waals surface area (Å²) in [5.74, 6) is 0.840. The first-order valence-electron chi connectivity index (χ1n) is 2.98. The molecule has 1 aliphatic rings. The summed E-state index contributed by atoms with van der Waals surface area (Å²) < 4.78 is 10.3. The Bertz CT molecular complexity index is 246. The first-order valence-corrected chi connectivity index (χ1v) is 3.86. The Morgan fingerprint density at radius 1 is 1.60 bits per heavy atom. The van der Waals surface area contributed by atoms with Gasteiger partial charge in [-0.15, -0.1) is 11.3 Å². The van der Waals surface area contributed by atoms with Crippen LogP contribution in [0.5, 0.6) is 10.8 Å². The molecule has 2 N–H and O–H groups in total. The van der Waals surface area contributed by atoms with Crippen LogP contribution in [0.4, 0.5) is 0 Å². The van der Waals surface area contributed by atoms with Crippen LogP contribution in [0, 0.1) is 0 Å². The van der Waals surface area contributed by atoms with Gasteiger partial charge in [0, 0.05) is 17.5 Å². The van der Waals surface area contributed by atoms with Crippen LogP contribution in [-0.4, -0.2) is 6.79 Å². The summed E-state index contributed by atoms with van der Waals surface area (Å²) in [5.41, 5.74) is 6.48. The van der Waals surface area contributed by atoms with Crippen molar-refractivity contribution in [1.82, 2.24) is 0 Å². The fourth-order valence-corrected chi connectivity index (χ4v) is 1.76. The maximum Gasteiger partial charge on any atom is 0.232 e. The molecule has 0 fully saturated rings. The Morgan fingerprint density at radius 2 is 2.50 bits per heavy atom. The van der Waals surface area contributed by atoms with Crippen molar-refractivity contribution >= 4 is 11.3 Å². The molecule has 0 saturated heterocycles. The van der Waals surface area contributed by atoms with Gasteiger partial charge in [-0.25, -0.2) is 0 Å². The molecule has 1 aromatic rings. The van der Waals surface area contributed by atoms with Crippen LogP contribution in [-0.2, 0) is 6.54 Å². The summed E-state index contributed by atoms with van der Waals surface area (Å²) in [7, 11) is 0. The van der Waals surface area contributed by atoms with E-state index in [4.69, 9.17) is 15.2 Å². The predicted octanol–water partition coefficient (Wildman–Crippen LogP) is 0.935. The smallest absolute Gasteiger partial charge is 0.232 e. The van der Waals surface area contributed by atoms with Gasteiger partial charge < -0.3 is 15.2 Å². The van der Waals surface area contributed by atoms with Crippen LogP contribution >= 0.6 is 11.3 Å². The second kappa shape index (κ2) is 2.14. The van der Waals surface area contributed by atoms with Crippen molar-refractivity contribution < 1.29 is 9.47 Å². The molecule has 0 aliphatic carbocycles. The minimum absolute atomic E-state index is 0.342. The van der Waals surface area contributed by atoms with Crippen molar-refractivity contribution in [2.75, 3.05) is 6.79 Å². The lowest BCUT2D eigenvalue weighted by Crippen LogP contribution is -1.98. The highest BCUT2D eigenvalue weighted by Crippen LogP contribution is 2.41. The summed E-state index contributed by atoms with van der Waals surface area (Å²) in [6.07, 6.45) is 0. The van der Waals surface area contributed by atoms with Crippen molar-refractivity contribution in [2.45, 2.75) is 6.54 Å². The number of thiophene rings is 1. The molecule has 0 atom stereocenters. The fourth-order valence-electron chi connectivity index (χ4n) is 0.897. The van der Waals surface area contributed by atoms with Gasteiger partial charge in [-0.3, -0.25) is 0 Å². The van der Waals surface area contributed by atoms with Crippen molar-refractivity contribution in [1.29, 1.82) is 0 Å². The predicted molar refractivity (Wildman–Crippen MR) is 38.3 cm³/mol. The molecule has 0 aromatic carbocycles. The van der Waals surface area contributed by atoms with E-state index < -0.39 is 0 Å². The van der Waals surface area contributed by atoms with Gasteiger partial charge in [-0.1, -0.05) is 0 Å². The third-order valence-electron chi connectivity index (χ3n) is 1.40. The maximum atomic E-state index is 5.44. The molecule has 10 heavy (non-hydrogen) atoms. The average molecular weight is 157 g/mol. The molecule has 4 heteroatoms. The third kappa shape index (κ3) is 0.693. The topological polar surface area (TPSA) is 44.5 Å². The second-order valence-corrected chi connectivity index (χ2v) is 2.83. The van der Waals surface area contributed by atoms with Crippen LogP contribution < -0.4 is 15.2 Å². The van der Waals surface area contributed by atoms with Gasteiger partial charge in [-0.05, 0) is 0 Å². The van der Waals surface area contributed by atoms with Crippen LogP contribution in [0.15, 0.2) is 5.38 Å². The molecule has 1 aliphatic heterocycles. The zero-order valence-electron chi connectivity index (χ0n) is 5.29. The largest absolute Gasteiger partial charge is 0.452 e. The SMILES string of the molecule is NCc1csc2c1OCO2. The van der Waals surface area contributed by atoms with E-state index in [9.17, 15) is 0 Å². The van der Waals surface area contributed by atoms with E-state index >= 15 is 0 Å². The van der Waals surface area contributed by atoms with Gasteiger partial charge >= 0.3 is 0 Å². The van der Waals surface area contributed by atoms with E-state index in [-0.39, 0.29) is 0 Å². The Hall–Kier alpha value is -0.740. The van der Waals surface area contributed by atoms with Crippen LogP contribution in [0.1, 0.15) is 5.56 Å². The minimum atomic E-state index is 0.342. The number of fused-ring (bicyclic) bond motifs is 1. The van der Waals surface area contributed by atoms with Gasteiger partial charge in [0.15, 0.2) is 5.75 Å². The Kier molecular flexibility index (Phi) is 1.28. The summed E-state index contributed by atoms with van der Waals surface area (Å²) in [6.45, 7) is 0.865. The molecular weight excluding hydrogens is 150 g/mol. The molecular formula is C6H7NO2S.